The number of amides is 1. The summed E-state index contributed by atoms with van der Waals surface area (Å²) in [6.07, 6.45) is -1.71. The molecule has 0 bridgehead atoms. The van der Waals surface area contributed by atoms with E-state index in [4.69, 9.17) is 15.0 Å². The van der Waals surface area contributed by atoms with Crippen molar-refractivity contribution in [3.05, 3.63) is 0 Å². The van der Waals surface area contributed by atoms with Gasteiger partial charge in [-0.2, -0.15) is 0 Å². The van der Waals surface area contributed by atoms with E-state index in [1.807, 2.05) is 0 Å². The van der Waals surface area contributed by atoms with E-state index in [9.17, 15) is 4.79 Å². The van der Waals surface area contributed by atoms with Crippen LogP contribution in [-0.2, 0) is 4.79 Å². The Morgan fingerprint density at radius 3 is 1.83 bits per heavy atom. The standard InChI is InChI=1S/C3H6N2O.CH2O3.2K/c6-3-1-2-4-5-3;2-1(3)4;;/h4H,1-2H2,(H,5,6);(H2,2,3,4);;/q;;2*+1/p-2. The van der Waals surface area contributed by atoms with Crippen molar-refractivity contribution in [3.63, 3.8) is 0 Å². The Morgan fingerprint density at radius 1 is 1.33 bits per heavy atom. The Bertz CT molecular complexity index is 131. The van der Waals surface area contributed by atoms with Crippen molar-refractivity contribution in [1.82, 2.24) is 10.9 Å². The van der Waals surface area contributed by atoms with Crippen LogP contribution in [0.1, 0.15) is 6.42 Å². The van der Waals surface area contributed by atoms with Gasteiger partial charge in [-0.25, -0.2) is 5.43 Å². The molecule has 0 spiro atoms. The number of hydrogen-bond donors (Lipinski definition) is 2. The molecule has 0 aromatic heterocycles. The molecule has 8 heteroatoms. The van der Waals surface area contributed by atoms with Gasteiger partial charge in [0, 0.05) is 13.0 Å². The van der Waals surface area contributed by atoms with Crippen molar-refractivity contribution >= 4 is 12.1 Å². The van der Waals surface area contributed by atoms with Crippen LogP contribution in [0.4, 0.5) is 4.79 Å². The minimum atomic E-state index is -2.33. The van der Waals surface area contributed by atoms with E-state index >= 15 is 0 Å². The molecule has 2 N–H and O–H groups in total. The normalized spacial score (nSPS) is 12.5. The number of carbonyl (C=O) groups excluding carboxylic acids is 2. The third-order valence-electron chi connectivity index (χ3n) is 0.705. The maximum absolute atomic E-state index is 10.1. The zero-order valence-corrected chi connectivity index (χ0v) is 13.3. The quantitative estimate of drug-likeness (QED) is 0.398. The average Bonchev–Trinajstić information content (AvgIpc) is 2.15. The summed E-state index contributed by atoms with van der Waals surface area (Å²) in [7, 11) is 0. The van der Waals surface area contributed by atoms with Crippen LogP contribution in [0.2, 0.25) is 0 Å². The topological polar surface area (TPSA) is 104 Å². The molecule has 1 amide bonds. The van der Waals surface area contributed by atoms with Crippen LogP contribution < -0.4 is 124 Å². The molecule has 6 nitrogen and oxygen atoms in total. The molecule has 12 heavy (non-hydrogen) atoms. The Kier molecular flexibility index (Phi) is 21.1. The summed E-state index contributed by atoms with van der Waals surface area (Å²) >= 11 is 0. The monoisotopic (exact) mass is 224 g/mol. The molecular formula is C4H6K2N2O4. The molecule has 1 heterocycles. The van der Waals surface area contributed by atoms with Crippen LogP contribution in [0.25, 0.3) is 0 Å². The van der Waals surface area contributed by atoms with E-state index < -0.39 is 6.16 Å². The fraction of sp³-hybridized carbons (Fsp3) is 0.500. The third-order valence-corrected chi connectivity index (χ3v) is 0.705. The van der Waals surface area contributed by atoms with E-state index in [2.05, 4.69) is 10.9 Å². The van der Waals surface area contributed by atoms with Crippen LogP contribution in [-0.4, -0.2) is 18.6 Å². The van der Waals surface area contributed by atoms with Gasteiger partial charge in [-0.15, -0.1) is 0 Å². The minimum Gasteiger partial charge on any atom is -0.652 e. The summed E-state index contributed by atoms with van der Waals surface area (Å²) in [5.74, 6) is 0.0926. The molecule has 0 aliphatic carbocycles. The van der Waals surface area contributed by atoms with Crippen molar-refractivity contribution in [2.75, 3.05) is 6.54 Å². The minimum absolute atomic E-state index is 0. The molecule has 0 atom stereocenters. The van der Waals surface area contributed by atoms with Gasteiger partial charge in [0.1, 0.15) is 0 Å². The Morgan fingerprint density at radius 2 is 1.75 bits per heavy atom. The van der Waals surface area contributed by atoms with Crippen molar-refractivity contribution in [2.45, 2.75) is 6.42 Å². The Hall–Kier alpha value is 1.97. The van der Waals surface area contributed by atoms with Crippen LogP contribution in [0, 0.1) is 0 Å². The zero-order chi connectivity index (χ0) is 7.98. The average molecular weight is 224 g/mol. The Balaban J connectivity index is -0.000000124. The summed E-state index contributed by atoms with van der Waals surface area (Å²) in [6, 6.07) is 0. The van der Waals surface area contributed by atoms with Gasteiger partial charge >= 0.3 is 103 Å². The van der Waals surface area contributed by atoms with E-state index in [1.165, 1.54) is 0 Å². The van der Waals surface area contributed by atoms with Gasteiger partial charge < -0.3 is 15.0 Å². The van der Waals surface area contributed by atoms with Crippen molar-refractivity contribution in [1.29, 1.82) is 0 Å². The molecule has 0 radical (unpaired) electrons. The molecule has 1 fully saturated rings. The number of carboxylic acid groups (broad SMARTS) is 2. The number of carbonyl (C=O) groups is 2. The van der Waals surface area contributed by atoms with Crippen molar-refractivity contribution in [3.8, 4) is 0 Å². The molecule has 1 aliphatic rings. The fourth-order valence-corrected chi connectivity index (χ4v) is 0.400. The molecule has 58 valence electrons. The van der Waals surface area contributed by atoms with Crippen LogP contribution >= 0.6 is 0 Å². The molecular weight excluding hydrogens is 218 g/mol. The summed E-state index contributed by atoms with van der Waals surface area (Å²) in [6.45, 7) is 0.777. The predicted octanol–water partition coefficient (Wildman–Crippen LogP) is -9.43. The van der Waals surface area contributed by atoms with Crippen LogP contribution in [0.3, 0.4) is 0 Å². The summed E-state index contributed by atoms with van der Waals surface area (Å²) in [4.78, 5) is 18.4. The fourth-order valence-electron chi connectivity index (χ4n) is 0.400. The van der Waals surface area contributed by atoms with Gasteiger partial charge in [0.05, 0.1) is 0 Å². The first-order chi connectivity index (χ1) is 4.63. The first kappa shape index (κ1) is 19.5. The van der Waals surface area contributed by atoms with Gasteiger partial charge in [0.2, 0.25) is 5.91 Å². The molecule has 0 aromatic carbocycles. The van der Waals surface area contributed by atoms with Crippen molar-refractivity contribution < 1.29 is 123 Å². The molecule has 0 aromatic rings. The largest absolute Gasteiger partial charge is 1.00 e. The zero-order valence-electron chi connectivity index (χ0n) is 7.05. The Labute approximate surface area is 155 Å². The molecule has 0 unspecified atom stereocenters. The van der Waals surface area contributed by atoms with Crippen LogP contribution in [0.15, 0.2) is 0 Å². The summed E-state index contributed by atoms with van der Waals surface area (Å²) in [5, 5.41) is 16.7. The number of rotatable bonds is 0. The van der Waals surface area contributed by atoms with Gasteiger partial charge in [-0.05, 0) is 6.16 Å². The van der Waals surface area contributed by atoms with E-state index in [0.717, 1.165) is 6.54 Å². The van der Waals surface area contributed by atoms with Gasteiger partial charge in [0.25, 0.3) is 0 Å². The van der Waals surface area contributed by atoms with E-state index in [1.54, 1.807) is 0 Å². The molecule has 1 saturated heterocycles. The first-order valence-electron chi connectivity index (χ1n) is 2.52. The van der Waals surface area contributed by atoms with Gasteiger partial charge in [0.15, 0.2) is 0 Å². The molecule has 1 aliphatic heterocycles. The second kappa shape index (κ2) is 13.0. The summed E-state index contributed by atoms with van der Waals surface area (Å²) in [5.41, 5.74) is 5.10. The van der Waals surface area contributed by atoms with E-state index in [-0.39, 0.29) is 109 Å². The van der Waals surface area contributed by atoms with Crippen molar-refractivity contribution in [2.24, 2.45) is 0 Å². The molecule has 0 saturated carbocycles. The first-order valence-corrected chi connectivity index (χ1v) is 2.52. The molecule has 1 rings (SSSR count). The van der Waals surface area contributed by atoms with Gasteiger partial charge in [-0.1, -0.05) is 0 Å². The SMILES string of the molecule is O=C([O-])[O-].O=C1CCNN1.[K+].[K+]. The number of hydrogen-bond acceptors (Lipinski definition) is 5. The van der Waals surface area contributed by atoms with E-state index in [0.29, 0.717) is 6.42 Å². The second-order valence-corrected chi connectivity index (χ2v) is 1.47. The third kappa shape index (κ3) is 17.9. The number of hydrazine groups is 1. The van der Waals surface area contributed by atoms with Crippen LogP contribution in [0.5, 0.6) is 0 Å². The smallest absolute Gasteiger partial charge is 0.652 e. The number of nitrogens with one attached hydrogen (secondary N) is 2. The maximum atomic E-state index is 10.1. The maximum Gasteiger partial charge on any atom is 1.00 e. The predicted molar refractivity (Wildman–Crippen MR) is 26.2 cm³/mol. The summed E-state index contributed by atoms with van der Waals surface area (Å²) < 4.78 is 0. The van der Waals surface area contributed by atoms with Gasteiger partial charge in [-0.3, -0.25) is 10.2 Å². The second-order valence-electron chi connectivity index (χ2n) is 1.47.